The number of nitrogens with zero attached hydrogens (tertiary/aromatic N) is 1. The SMILES string of the molecule is CC(C)(C)C1NCCc2cccnc21. The molecule has 1 unspecified atom stereocenters. The van der Waals surface area contributed by atoms with E-state index in [2.05, 4.69) is 37.1 Å². The van der Waals surface area contributed by atoms with Crippen LogP contribution in [-0.4, -0.2) is 11.5 Å². The Labute approximate surface area is 85.7 Å². The van der Waals surface area contributed by atoms with E-state index in [4.69, 9.17) is 0 Å². The number of aromatic nitrogens is 1. The molecule has 14 heavy (non-hydrogen) atoms. The molecule has 0 aliphatic carbocycles. The molecule has 1 aromatic rings. The third kappa shape index (κ3) is 1.67. The van der Waals surface area contributed by atoms with Gasteiger partial charge < -0.3 is 5.32 Å². The zero-order chi connectivity index (χ0) is 10.2. The number of fused-ring (bicyclic) bond motifs is 1. The van der Waals surface area contributed by atoms with Gasteiger partial charge in [0.1, 0.15) is 0 Å². The second kappa shape index (κ2) is 3.35. The Morgan fingerprint density at radius 1 is 1.43 bits per heavy atom. The third-order valence-electron chi connectivity index (χ3n) is 2.81. The van der Waals surface area contributed by atoms with Gasteiger partial charge in [0.25, 0.3) is 0 Å². The summed E-state index contributed by atoms with van der Waals surface area (Å²) < 4.78 is 0. The quantitative estimate of drug-likeness (QED) is 0.679. The van der Waals surface area contributed by atoms with Gasteiger partial charge in [-0.2, -0.15) is 0 Å². The lowest BCUT2D eigenvalue weighted by Crippen LogP contribution is -2.38. The third-order valence-corrected chi connectivity index (χ3v) is 2.81. The summed E-state index contributed by atoms with van der Waals surface area (Å²) in [5.41, 5.74) is 2.89. The molecule has 1 aliphatic heterocycles. The Bertz CT molecular complexity index is 325. The van der Waals surface area contributed by atoms with Crippen molar-refractivity contribution in [3.63, 3.8) is 0 Å². The lowest BCUT2D eigenvalue weighted by Gasteiger charge is -2.35. The molecule has 0 radical (unpaired) electrons. The minimum atomic E-state index is 0.240. The maximum Gasteiger partial charge on any atom is 0.0610 e. The van der Waals surface area contributed by atoms with E-state index < -0.39 is 0 Å². The van der Waals surface area contributed by atoms with Crippen molar-refractivity contribution in [1.82, 2.24) is 10.3 Å². The molecule has 2 heteroatoms. The molecule has 1 N–H and O–H groups in total. The van der Waals surface area contributed by atoms with Crippen molar-refractivity contribution < 1.29 is 0 Å². The fourth-order valence-electron chi connectivity index (χ4n) is 2.09. The van der Waals surface area contributed by atoms with Crippen molar-refractivity contribution in [3.05, 3.63) is 29.6 Å². The predicted octanol–water partition coefficient (Wildman–Crippen LogP) is 2.31. The lowest BCUT2D eigenvalue weighted by atomic mass is 9.81. The first-order valence-electron chi connectivity index (χ1n) is 5.26. The summed E-state index contributed by atoms with van der Waals surface area (Å²) in [4.78, 5) is 4.50. The summed E-state index contributed by atoms with van der Waals surface area (Å²) in [6, 6.07) is 4.62. The molecule has 2 heterocycles. The monoisotopic (exact) mass is 190 g/mol. The maximum atomic E-state index is 4.50. The normalized spacial score (nSPS) is 21.8. The molecular weight excluding hydrogens is 172 g/mol. The first-order chi connectivity index (χ1) is 6.59. The van der Waals surface area contributed by atoms with Crippen LogP contribution in [0.15, 0.2) is 18.3 Å². The zero-order valence-electron chi connectivity index (χ0n) is 9.17. The van der Waals surface area contributed by atoms with Gasteiger partial charge in [-0.25, -0.2) is 0 Å². The number of rotatable bonds is 0. The molecule has 1 aliphatic rings. The highest BCUT2D eigenvalue weighted by molar-refractivity contribution is 5.27. The minimum Gasteiger partial charge on any atom is -0.308 e. The largest absolute Gasteiger partial charge is 0.308 e. The molecule has 76 valence electrons. The standard InChI is InChI=1S/C12H18N2/c1-12(2,3)11-10-9(6-8-14-11)5-4-7-13-10/h4-5,7,11,14H,6,8H2,1-3H3. The van der Waals surface area contributed by atoms with Crippen LogP contribution in [0.2, 0.25) is 0 Å². The number of hydrogen-bond donors (Lipinski definition) is 1. The van der Waals surface area contributed by atoms with Crippen LogP contribution in [0.4, 0.5) is 0 Å². The second-order valence-corrected chi connectivity index (χ2v) is 5.05. The maximum absolute atomic E-state index is 4.50. The van der Waals surface area contributed by atoms with Crippen molar-refractivity contribution in [2.24, 2.45) is 5.41 Å². The first kappa shape index (κ1) is 9.66. The van der Waals surface area contributed by atoms with Gasteiger partial charge in [0.05, 0.1) is 11.7 Å². The fraction of sp³-hybridized carbons (Fsp3) is 0.583. The summed E-state index contributed by atoms with van der Waals surface area (Å²) in [5, 5.41) is 3.55. The highest BCUT2D eigenvalue weighted by Crippen LogP contribution is 2.35. The van der Waals surface area contributed by atoms with Gasteiger partial charge in [0.15, 0.2) is 0 Å². The van der Waals surface area contributed by atoms with Gasteiger partial charge in [-0.1, -0.05) is 26.8 Å². The van der Waals surface area contributed by atoms with E-state index >= 15 is 0 Å². The molecule has 2 rings (SSSR count). The van der Waals surface area contributed by atoms with Crippen LogP contribution in [0.5, 0.6) is 0 Å². The van der Waals surface area contributed by atoms with Crippen molar-refractivity contribution in [1.29, 1.82) is 0 Å². The molecule has 0 aromatic carbocycles. The van der Waals surface area contributed by atoms with E-state index in [-0.39, 0.29) is 5.41 Å². The smallest absolute Gasteiger partial charge is 0.0610 e. The topological polar surface area (TPSA) is 24.9 Å². The molecule has 0 bridgehead atoms. The van der Waals surface area contributed by atoms with E-state index in [1.807, 2.05) is 12.3 Å². The van der Waals surface area contributed by atoms with Crippen LogP contribution in [0, 0.1) is 5.41 Å². The molecule has 0 amide bonds. The summed E-state index contributed by atoms with van der Waals surface area (Å²) in [6.07, 6.45) is 3.00. The average Bonchev–Trinajstić information content (AvgIpc) is 2.15. The molecule has 2 nitrogen and oxygen atoms in total. The van der Waals surface area contributed by atoms with Crippen LogP contribution in [0.1, 0.15) is 38.1 Å². The van der Waals surface area contributed by atoms with Gasteiger partial charge in [0, 0.05) is 6.20 Å². The van der Waals surface area contributed by atoms with E-state index in [1.54, 1.807) is 0 Å². The van der Waals surface area contributed by atoms with E-state index in [0.717, 1.165) is 13.0 Å². The highest BCUT2D eigenvalue weighted by atomic mass is 15.0. The highest BCUT2D eigenvalue weighted by Gasteiger charge is 2.30. The van der Waals surface area contributed by atoms with Gasteiger partial charge in [-0.3, -0.25) is 4.98 Å². The van der Waals surface area contributed by atoms with Crippen LogP contribution < -0.4 is 5.32 Å². The first-order valence-corrected chi connectivity index (χ1v) is 5.26. The predicted molar refractivity (Wildman–Crippen MR) is 58.1 cm³/mol. The van der Waals surface area contributed by atoms with Crippen molar-refractivity contribution in [2.75, 3.05) is 6.54 Å². The van der Waals surface area contributed by atoms with Crippen LogP contribution in [0.25, 0.3) is 0 Å². The second-order valence-electron chi connectivity index (χ2n) is 5.05. The van der Waals surface area contributed by atoms with Crippen LogP contribution in [-0.2, 0) is 6.42 Å². The molecule has 0 saturated heterocycles. The van der Waals surface area contributed by atoms with Crippen molar-refractivity contribution in [2.45, 2.75) is 33.2 Å². The molecule has 0 spiro atoms. The molecule has 1 aromatic heterocycles. The fourth-order valence-corrected chi connectivity index (χ4v) is 2.09. The molecule has 0 saturated carbocycles. The zero-order valence-corrected chi connectivity index (χ0v) is 9.17. The summed E-state index contributed by atoms with van der Waals surface area (Å²) >= 11 is 0. The summed E-state index contributed by atoms with van der Waals surface area (Å²) in [7, 11) is 0. The number of hydrogen-bond acceptors (Lipinski definition) is 2. The number of pyridine rings is 1. The van der Waals surface area contributed by atoms with Crippen LogP contribution >= 0.6 is 0 Å². The average molecular weight is 190 g/mol. The van der Waals surface area contributed by atoms with Gasteiger partial charge in [0.2, 0.25) is 0 Å². The Hall–Kier alpha value is -0.890. The number of nitrogens with one attached hydrogen (secondary N) is 1. The van der Waals surface area contributed by atoms with Gasteiger partial charge in [-0.05, 0) is 30.0 Å². The van der Waals surface area contributed by atoms with Gasteiger partial charge >= 0.3 is 0 Å². The van der Waals surface area contributed by atoms with Crippen molar-refractivity contribution >= 4 is 0 Å². The van der Waals surface area contributed by atoms with E-state index in [9.17, 15) is 0 Å². The Morgan fingerprint density at radius 3 is 2.93 bits per heavy atom. The Balaban J connectivity index is 2.41. The van der Waals surface area contributed by atoms with Crippen molar-refractivity contribution in [3.8, 4) is 0 Å². The van der Waals surface area contributed by atoms with E-state index in [1.165, 1.54) is 11.3 Å². The van der Waals surface area contributed by atoms with E-state index in [0.29, 0.717) is 6.04 Å². The van der Waals surface area contributed by atoms with Crippen LogP contribution in [0.3, 0.4) is 0 Å². The molecular formula is C12H18N2. The lowest BCUT2D eigenvalue weighted by molar-refractivity contribution is 0.258. The molecule has 1 atom stereocenters. The Morgan fingerprint density at radius 2 is 2.21 bits per heavy atom. The minimum absolute atomic E-state index is 0.240. The summed E-state index contributed by atoms with van der Waals surface area (Å²) in [5.74, 6) is 0. The Kier molecular flexibility index (Phi) is 2.31. The van der Waals surface area contributed by atoms with Gasteiger partial charge in [-0.15, -0.1) is 0 Å². The molecule has 0 fully saturated rings. The summed E-state index contributed by atoms with van der Waals surface area (Å²) in [6.45, 7) is 7.85.